The molecule has 0 amide bonds. The quantitative estimate of drug-likeness (QED) is 0.390. The van der Waals surface area contributed by atoms with Gasteiger partial charge in [0.2, 0.25) is 0 Å². The van der Waals surface area contributed by atoms with E-state index in [1.54, 1.807) is 0 Å². The van der Waals surface area contributed by atoms with Crippen LogP contribution in [0.25, 0.3) is 0 Å². The predicted molar refractivity (Wildman–Crippen MR) is 102 cm³/mol. The molecule has 0 fully saturated rings. The molecular formula is C21H33N. The van der Waals surface area contributed by atoms with Crippen molar-refractivity contribution in [3.8, 4) is 0 Å². The van der Waals surface area contributed by atoms with Gasteiger partial charge in [0.25, 0.3) is 0 Å². The van der Waals surface area contributed by atoms with Gasteiger partial charge >= 0.3 is 0 Å². The van der Waals surface area contributed by atoms with Crippen LogP contribution in [0.15, 0.2) is 64.4 Å². The molecule has 0 atom stereocenters. The van der Waals surface area contributed by atoms with Gasteiger partial charge in [-0.1, -0.05) is 83.1 Å². The lowest BCUT2D eigenvalue weighted by Gasteiger charge is -2.15. The number of unbranched alkanes of at least 4 members (excludes halogenated alkanes) is 1. The van der Waals surface area contributed by atoms with Gasteiger partial charge in [-0.2, -0.15) is 0 Å². The molecule has 1 rings (SSSR count). The monoisotopic (exact) mass is 299 g/mol. The van der Waals surface area contributed by atoms with E-state index in [0.29, 0.717) is 0 Å². The highest BCUT2D eigenvalue weighted by Gasteiger charge is 2.13. The SMILES string of the molecule is CC.CCCC=N/C(=C\C=C(C)C)C1=CC(C)(C)C=CC=C1. The van der Waals surface area contributed by atoms with E-state index in [2.05, 4.69) is 82.1 Å². The molecule has 1 heteroatoms. The lowest BCUT2D eigenvalue weighted by Crippen LogP contribution is -2.03. The van der Waals surface area contributed by atoms with Crippen LogP contribution in [-0.2, 0) is 0 Å². The van der Waals surface area contributed by atoms with E-state index < -0.39 is 0 Å². The van der Waals surface area contributed by atoms with Gasteiger partial charge < -0.3 is 0 Å². The van der Waals surface area contributed by atoms with Crippen molar-refractivity contribution in [1.29, 1.82) is 0 Å². The summed E-state index contributed by atoms with van der Waals surface area (Å²) in [6.45, 7) is 14.8. The first-order chi connectivity index (χ1) is 10.4. The molecule has 0 spiro atoms. The van der Waals surface area contributed by atoms with E-state index in [0.717, 1.165) is 18.5 Å². The molecule has 0 aromatic heterocycles. The summed E-state index contributed by atoms with van der Waals surface area (Å²) in [6, 6.07) is 0. The Bertz CT molecular complexity index is 490. The van der Waals surface area contributed by atoms with Crippen LogP contribution in [0.5, 0.6) is 0 Å². The highest BCUT2D eigenvalue weighted by atomic mass is 14.7. The summed E-state index contributed by atoms with van der Waals surface area (Å²) in [5, 5.41) is 0. The molecule has 0 aromatic carbocycles. The minimum atomic E-state index is 0.0587. The van der Waals surface area contributed by atoms with Crippen LogP contribution >= 0.6 is 0 Å². The normalized spacial score (nSPS) is 16.7. The molecule has 1 aliphatic carbocycles. The molecule has 0 radical (unpaired) electrons. The Labute approximate surface area is 137 Å². The van der Waals surface area contributed by atoms with Gasteiger partial charge in [0, 0.05) is 11.6 Å². The minimum Gasteiger partial charge on any atom is -0.261 e. The Kier molecular flexibility index (Phi) is 10.2. The van der Waals surface area contributed by atoms with Gasteiger partial charge in [-0.25, -0.2) is 0 Å². The molecule has 0 N–H and O–H groups in total. The van der Waals surface area contributed by atoms with Gasteiger partial charge in [0.1, 0.15) is 0 Å². The third-order valence-electron chi connectivity index (χ3n) is 2.96. The molecule has 122 valence electrons. The van der Waals surface area contributed by atoms with Crippen LogP contribution in [0.2, 0.25) is 0 Å². The van der Waals surface area contributed by atoms with Crippen LogP contribution in [0.4, 0.5) is 0 Å². The Hall–Kier alpha value is -1.63. The van der Waals surface area contributed by atoms with Crippen molar-refractivity contribution in [1.82, 2.24) is 0 Å². The van der Waals surface area contributed by atoms with Crippen molar-refractivity contribution in [2.45, 2.75) is 61.3 Å². The zero-order valence-corrected chi connectivity index (χ0v) is 15.5. The van der Waals surface area contributed by atoms with Crippen LogP contribution in [0.3, 0.4) is 0 Å². The first kappa shape index (κ1) is 20.4. The molecule has 0 aliphatic heterocycles. The maximum atomic E-state index is 4.66. The van der Waals surface area contributed by atoms with Gasteiger partial charge in [-0.15, -0.1) is 0 Å². The summed E-state index contributed by atoms with van der Waals surface area (Å²) in [7, 11) is 0. The highest BCUT2D eigenvalue weighted by Crippen LogP contribution is 2.27. The van der Waals surface area contributed by atoms with Gasteiger partial charge in [0.05, 0.1) is 5.70 Å². The molecule has 0 unspecified atom stereocenters. The topological polar surface area (TPSA) is 12.4 Å². The average Bonchev–Trinajstić information content (AvgIpc) is 2.65. The summed E-state index contributed by atoms with van der Waals surface area (Å²) in [5.41, 5.74) is 3.56. The van der Waals surface area contributed by atoms with Crippen molar-refractivity contribution >= 4 is 6.21 Å². The number of hydrogen-bond donors (Lipinski definition) is 0. The van der Waals surface area contributed by atoms with Crippen molar-refractivity contribution in [3.05, 3.63) is 59.4 Å². The largest absolute Gasteiger partial charge is 0.261 e. The standard InChI is InChI=1S/C19H27N.C2H6/c1-6-7-14-20-18(12-11-16(2)3)17-10-8-9-13-19(4,5)15-17;1-2/h8-15H,6-7H2,1-5H3;1-2H3/b18-12-,20-14?;. The molecular weight excluding hydrogens is 266 g/mol. The van der Waals surface area contributed by atoms with E-state index in [1.165, 1.54) is 11.1 Å². The zero-order valence-electron chi connectivity index (χ0n) is 15.5. The van der Waals surface area contributed by atoms with Crippen molar-refractivity contribution < 1.29 is 0 Å². The lowest BCUT2D eigenvalue weighted by molar-refractivity contribution is 0.624. The second-order valence-corrected chi connectivity index (χ2v) is 6.04. The first-order valence-corrected chi connectivity index (χ1v) is 8.41. The smallest absolute Gasteiger partial charge is 0.0695 e. The molecule has 0 heterocycles. The van der Waals surface area contributed by atoms with Gasteiger partial charge in [-0.05, 0) is 31.9 Å². The summed E-state index contributed by atoms with van der Waals surface area (Å²) < 4.78 is 0. The molecule has 0 bridgehead atoms. The van der Waals surface area contributed by atoms with Crippen LogP contribution < -0.4 is 0 Å². The summed E-state index contributed by atoms with van der Waals surface area (Å²) in [6.07, 6.45) is 19.2. The second-order valence-electron chi connectivity index (χ2n) is 6.04. The fourth-order valence-corrected chi connectivity index (χ4v) is 1.87. The Morgan fingerprint density at radius 1 is 1.14 bits per heavy atom. The Balaban J connectivity index is 0.00000211. The molecule has 0 saturated heterocycles. The summed E-state index contributed by atoms with van der Waals surface area (Å²) in [5.74, 6) is 0. The second kappa shape index (κ2) is 11.0. The maximum absolute atomic E-state index is 4.66. The average molecular weight is 300 g/mol. The first-order valence-electron chi connectivity index (χ1n) is 8.41. The third-order valence-corrected chi connectivity index (χ3v) is 2.96. The predicted octanol–water partition coefficient (Wildman–Crippen LogP) is 6.81. The molecule has 1 nitrogen and oxygen atoms in total. The number of hydrogen-bond acceptors (Lipinski definition) is 1. The number of rotatable bonds is 5. The zero-order chi connectivity index (χ0) is 17.0. The van der Waals surface area contributed by atoms with Crippen LogP contribution in [0.1, 0.15) is 61.3 Å². The molecule has 0 saturated carbocycles. The van der Waals surface area contributed by atoms with E-state index in [4.69, 9.17) is 0 Å². The molecule has 1 aliphatic rings. The number of allylic oxidation sites excluding steroid dienone is 8. The van der Waals surface area contributed by atoms with E-state index in [-0.39, 0.29) is 5.41 Å². The van der Waals surface area contributed by atoms with Crippen molar-refractivity contribution in [2.24, 2.45) is 10.4 Å². The van der Waals surface area contributed by atoms with Crippen molar-refractivity contribution in [3.63, 3.8) is 0 Å². The van der Waals surface area contributed by atoms with Gasteiger partial charge in [-0.3, -0.25) is 4.99 Å². The van der Waals surface area contributed by atoms with Crippen LogP contribution in [0, 0.1) is 5.41 Å². The van der Waals surface area contributed by atoms with Crippen molar-refractivity contribution in [2.75, 3.05) is 0 Å². The highest BCUT2D eigenvalue weighted by molar-refractivity contribution is 5.61. The fraction of sp³-hybridized carbons (Fsp3) is 0.476. The molecule has 22 heavy (non-hydrogen) atoms. The lowest BCUT2D eigenvalue weighted by atomic mass is 9.90. The number of nitrogens with zero attached hydrogens (tertiary/aromatic N) is 1. The van der Waals surface area contributed by atoms with E-state index in [1.807, 2.05) is 20.1 Å². The third kappa shape index (κ3) is 8.61. The van der Waals surface area contributed by atoms with E-state index >= 15 is 0 Å². The number of aliphatic imine (C=N–C) groups is 1. The Morgan fingerprint density at radius 3 is 2.41 bits per heavy atom. The maximum Gasteiger partial charge on any atom is 0.0695 e. The summed E-state index contributed by atoms with van der Waals surface area (Å²) >= 11 is 0. The molecule has 0 aromatic rings. The Morgan fingerprint density at radius 2 is 1.82 bits per heavy atom. The van der Waals surface area contributed by atoms with Gasteiger partial charge in [0.15, 0.2) is 0 Å². The minimum absolute atomic E-state index is 0.0587. The van der Waals surface area contributed by atoms with E-state index in [9.17, 15) is 0 Å². The summed E-state index contributed by atoms with van der Waals surface area (Å²) in [4.78, 5) is 4.66. The fourth-order valence-electron chi connectivity index (χ4n) is 1.87. The van der Waals surface area contributed by atoms with Crippen LogP contribution in [-0.4, -0.2) is 6.21 Å².